The van der Waals surface area contributed by atoms with Crippen molar-refractivity contribution in [1.82, 2.24) is 4.98 Å². The van der Waals surface area contributed by atoms with Crippen molar-refractivity contribution < 1.29 is 19.2 Å². The average molecular weight is 333 g/mol. The summed E-state index contributed by atoms with van der Waals surface area (Å²) in [6.07, 6.45) is 6.69. The lowest BCUT2D eigenvalue weighted by molar-refractivity contribution is -0.902. The lowest BCUT2D eigenvalue weighted by Gasteiger charge is -2.38. The maximum Gasteiger partial charge on any atom is 0.339 e. The Hall–Kier alpha value is -1.62. The van der Waals surface area contributed by atoms with Gasteiger partial charge in [0.05, 0.1) is 31.5 Å². The molecule has 1 aromatic heterocycles. The Morgan fingerprint density at radius 2 is 1.88 bits per heavy atom. The van der Waals surface area contributed by atoms with Crippen LogP contribution in [-0.4, -0.2) is 43.5 Å². The molecule has 0 spiro atoms. The molecule has 5 nitrogen and oxygen atoms in total. The molecule has 1 aliphatic heterocycles. The van der Waals surface area contributed by atoms with Gasteiger partial charge in [-0.2, -0.15) is 0 Å². The summed E-state index contributed by atoms with van der Waals surface area (Å²) in [4.78, 5) is 29.2. The fourth-order valence-electron chi connectivity index (χ4n) is 4.71. The number of piperidine rings is 1. The number of rotatable bonds is 4. The number of carbonyl (C=O) groups is 2. The summed E-state index contributed by atoms with van der Waals surface area (Å²) in [6, 6.07) is 0. The zero-order valence-corrected chi connectivity index (χ0v) is 15.0. The highest BCUT2D eigenvalue weighted by molar-refractivity contribution is 6.01. The zero-order valence-electron chi connectivity index (χ0n) is 15.0. The van der Waals surface area contributed by atoms with Crippen LogP contribution in [0.1, 0.15) is 64.2 Å². The molecule has 5 heteroatoms. The van der Waals surface area contributed by atoms with E-state index in [4.69, 9.17) is 4.74 Å². The van der Waals surface area contributed by atoms with Gasteiger partial charge in [-0.3, -0.25) is 4.79 Å². The third kappa shape index (κ3) is 3.27. The minimum absolute atomic E-state index is 0.106. The van der Waals surface area contributed by atoms with E-state index in [1.165, 1.54) is 44.1 Å². The summed E-state index contributed by atoms with van der Waals surface area (Å²) in [5.41, 5.74) is 2.51. The maximum atomic E-state index is 12.8. The van der Waals surface area contributed by atoms with Gasteiger partial charge >= 0.3 is 5.97 Å². The molecular weight excluding hydrogens is 304 g/mol. The summed E-state index contributed by atoms with van der Waals surface area (Å²) in [6.45, 7) is 6.38. The zero-order chi connectivity index (χ0) is 17.3. The number of methoxy groups -OCH3 is 1. The van der Waals surface area contributed by atoms with Crippen LogP contribution in [0, 0.1) is 25.7 Å². The van der Waals surface area contributed by atoms with Crippen LogP contribution < -0.4 is 4.90 Å². The van der Waals surface area contributed by atoms with E-state index in [-0.39, 0.29) is 11.8 Å². The lowest BCUT2D eigenvalue weighted by atomic mass is 9.75. The Kier molecular flexibility index (Phi) is 5.09. The standard InChI is InChI=1S/C19H28N2O3/c1-12-17(19(23)24-3)13(2)20-18(12)16(22)11-21-9-8-14-6-4-5-7-15(14)10-21/h14-15,20H,4-11H2,1-3H3/p+1/t14-,15-/m1/s1. The number of H-pyrrole nitrogens is 1. The number of ketones is 1. The highest BCUT2D eigenvalue weighted by Crippen LogP contribution is 2.32. The monoisotopic (exact) mass is 333 g/mol. The maximum absolute atomic E-state index is 12.8. The molecule has 24 heavy (non-hydrogen) atoms. The average Bonchev–Trinajstić information content (AvgIpc) is 2.88. The molecule has 1 aliphatic carbocycles. The van der Waals surface area contributed by atoms with Gasteiger partial charge in [-0.1, -0.05) is 12.8 Å². The van der Waals surface area contributed by atoms with E-state index in [0.29, 0.717) is 23.5 Å². The van der Waals surface area contributed by atoms with Crippen molar-refractivity contribution in [2.45, 2.75) is 46.0 Å². The number of ether oxygens (including phenoxy) is 1. The molecule has 2 N–H and O–H groups in total. The van der Waals surface area contributed by atoms with Crippen molar-refractivity contribution in [3.63, 3.8) is 0 Å². The van der Waals surface area contributed by atoms with Crippen LogP contribution in [0.25, 0.3) is 0 Å². The molecule has 2 aliphatic rings. The molecule has 0 radical (unpaired) electrons. The summed E-state index contributed by atoms with van der Waals surface area (Å²) < 4.78 is 4.82. The van der Waals surface area contributed by atoms with Gasteiger partial charge in [-0.25, -0.2) is 4.79 Å². The molecule has 1 unspecified atom stereocenters. The van der Waals surface area contributed by atoms with Gasteiger partial charge < -0.3 is 14.6 Å². The third-order valence-electron chi connectivity index (χ3n) is 6.00. The first-order valence-electron chi connectivity index (χ1n) is 9.15. The van der Waals surface area contributed by atoms with Crippen molar-refractivity contribution in [3.8, 4) is 0 Å². The van der Waals surface area contributed by atoms with E-state index in [1.807, 2.05) is 13.8 Å². The van der Waals surface area contributed by atoms with Crippen LogP contribution >= 0.6 is 0 Å². The smallest absolute Gasteiger partial charge is 0.339 e. The number of aryl methyl sites for hydroxylation is 1. The molecular formula is C19H29N2O3+. The number of esters is 1. The quantitative estimate of drug-likeness (QED) is 0.651. The normalized spacial score (nSPS) is 26.7. The number of Topliss-reactive ketones (excluding diaryl/α,β-unsaturated/α-hetero) is 1. The van der Waals surface area contributed by atoms with Crippen LogP contribution in [-0.2, 0) is 4.74 Å². The predicted octanol–water partition coefficient (Wildman–Crippen LogP) is 1.70. The molecule has 3 rings (SSSR count). The van der Waals surface area contributed by atoms with Gasteiger partial charge in [-0.15, -0.1) is 0 Å². The number of carbonyl (C=O) groups excluding carboxylic acids is 2. The second-order valence-corrected chi connectivity index (χ2v) is 7.51. The van der Waals surface area contributed by atoms with Gasteiger partial charge in [0.1, 0.15) is 6.54 Å². The van der Waals surface area contributed by atoms with Gasteiger partial charge in [0.2, 0.25) is 5.78 Å². The molecule has 2 fully saturated rings. The summed E-state index contributed by atoms with van der Waals surface area (Å²) in [5, 5.41) is 0. The Morgan fingerprint density at radius 1 is 1.17 bits per heavy atom. The van der Waals surface area contributed by atoms with E-state index >= 15 is 0 Å². The molecule has 0 bridgehead atoms. The minimum atomic E-state index is -0.379. The van der Waals surface area contributed by atoms with E-state index in [2.05, 4.69) is 4.98 Å². The van der Waals surface area contributed by atoms with Crippen molar-refractivity contribution in [3.05, 3.63) is 22.5 Å². The number of aromatic amines is 1. The Bertz CT molecular complexity index is 635. The third-order valence-corrected chi connectivity index (χ3v) is 6.00. The molecule has 132 valence electrons. The van der Waals surface area contributed by atoms with Crippen LogP contribution in [0.5, 0.6) is 0 Å². The number of fused-ring (bicyclic) bond motifs is 1. The van der Waals surface area contributed by atoms with Gasteiger partial charge in [0.15, 0.2) is 0 Å². The molecule has 0 amide bonds. The predicted molar refractivity (Wildman–Crippen MR) is 91.6 cm³/mol. The molecule has 1 aromatic rings. The van der Waals surface area contributed by atoms with Crippen LogP contribution in [0.4, 0.5) is 0 Å². The lowest BCUT2D eigenvalue weighted by Crippen LogP contribution is -3.14. The number of likely N-dealkylation sites (tertiary alicyclic amines) is 1. The van der Waals surface area contributed by atoms with E-state index < -0.39 is 0 Å². The fourth-order valence-corrected chi connectivity index (χ4v) is 4.71. The first-order valence-corrected chi connectivity index (χ1v) is 9.15. The Morgan fingerprint density at radius 3 is 2.58 bits per heavy atom. The number of aromatic nitrogens is 1. The highest BCUT2D eigenvalue weighted by atomic mass is 16.5. The number of hydrogen-bond acceptors (Lipinski definition) is 3. The van der Waals surface area contributed by atoms with Gasteiger partial charge in [0, 0.05) is 11.6 Å². The Labute approximate surface area is 143 Å². The molecule has 1 saturated heterocycles. The molecule has 3 atom stereocenters. The van der Waals surface area contributed by atoms with Crippen LogP contribution in [0.15, 0.2) is 0 Å². The topological polar surface area (TPSA) is 63.6 Å². The second-order valence-electron chi connectivity index (χ2n) is 7.51. The van der Waals surface area contributed by atoms with Crippen molar-refractivity contribution in [2.24, 2.45) is 11.8 Å². The second kappa shape index (κ2) is 7.09. The van der Waals surface area contributed by atoms with E-state index in [1.54, 1.807) is 0 Å². The molecule has 0 aromatic carbocycles. The first-order chi connectivity index (χ1) is 11.5. The van der Waals surface area contributed by atoms with Crippen LogP contribution in [0.2, 0.25) is 0 Å². The largest absolute Gasteiger partial charge is 0.465 e. The fraction of sp³-hybridized carbons (Fsp3) is 0.684. The Balaban J connectivity index is 1.68. The summed E-state index contributed by atoms with van der Waals surface area (Å²) in [7, 11) is 1.37. The highest BCUT2D eigenvalue weighted by Gasteiger charge is 2.35. The number of nitrogens with one attached hydrogen (secondary N) is 2. The van der Waals surface area contributed by atoms with E-state index in [0.717, 1.165) is 30.5 Å². The number of hydrogen-bond donors (Lipinski definition) is 2. The van der Waals surface area contributed by atoms with Crippen molar-refractivity contribution in [2.75, 3.05) is 26.7 Å². The van der Waals surface area contributed by atoms with Crippen LogP contribution in [0.3, 0.4) is 0 Å². The number of quaternary nitrogens is 1. The van der Waals surface area contributed by atoms with Crippen molar-refractivity contribution >= 4 is 11.8 Å². The van der Waals surface area contributed by atoms with Crippen molar-refractivity contribution in [1.29, 1.82) is 0 Å². The first kappa shape index (κ1) is 17.2. The van der Waals surface area contributed by atoms with Gasteiger partial charge in [-0.05, 0) is 44.6 Å². The molecule has 2 heterocycles. The SMILES string of the molecule is COC(=O)c1c(C)[nH]c(C(=O)C[NH+]2CC[C@H]3CCCC[C@@H]3C2)c1C. The summed E-state index contributed by atoms with van der Waals surface area (Å²) in [5.74, 6) is 1.41. The van der Waals surface area contributed by atoms with Gasteiger partial charge in [0.25, 0.3) is 0 Å². The van der Waals surface area contributed by atoms with E-state index in [9.17, 15) is 9.59 Å². The molecule has 1 saturated carbocycles. The summed E-state index contributed by atoms with van der Waals surface area (Å²) >= 11 is 0. The minimum Gasteiger partial charge on any atom is -0.465 e.